The van der Waals surface area contributed by atoms with Crippen LogP contribution in [-0.4, -0.2) is 53.8 Å². The number of aliphatic carboxylic acids is 1. The molecule has 1 saturated heterocycles. The lowest BCUT2D eigenvalue weighted by Crippen LogP contribution is -2.57. The highest BCUT2D eigenvalue weighted by atomic mass is 32.2. The number of hydrogen-bond acceptors (Lipinski definition) is 6. The summed E-state index contributed by atoms with van der Waals surface area (Å²) in [6.45, 7) is 1.48. The quantitative estimate of drug-likeness (QED) is 0.626. The Morgan fingerprint density at radius 3 is 2.67 bits per heavy atom. The molecule has 1 amide bonds. The predicted molar refractivity (Wildman–Crippen MR) is 72.6 cm³/mol. The Bertz CT molecular complexity index is 734. The van der Waals surface area contributed by atoms with Gasteiger partial charge in [0.1, 0.15) is 6.04 Å². The Hall–Kier alpha value is -1.72. The average molecular weight is 335 g/mol. The van der Waals surface area contributed by atoms with Crippen molar-refractivity contribution in [3.8, 4) is 0 Å². The minimum Gasteiger partial charge on any atom is -0.481 e. The molecule has 1 unspecified atom stereocenters. The summed E-state index contributed by atoms with van der Waals surface area (Å²) in [4.78, 5) is 35.7. The van der Waals surface area contributed by atoms with Crippen LogP contribution in [0.5, 0.6) is 0 Å². The molecule has 2 rings (SSSR count). The maximum absolute atomic E-state index is 12.6. The highest BCUT2D eigenvalue weighted by molar-refractivity contribution is 7.91. The molecule has 0 aromatic carbocycles. The molecule has 9 nitrogen and oxygen atoms in total. The number of H-pyrrole nitrogens is 1. The zero-order valence-electron chi connectivity index (χ0n) is 11.0. The number of nitrogens with one attached hydrogen (secondary N) is 2. The van der Waals surface area contributed by atoms with E-state index in [0.29, 0.717) is 11.3 Å². The summed E-state index contributed by atoms with van der Waals surface area (Å²) in [5.74, 6) is -1.94. The van der Waals surface area contributed by atoms with E-state index in [1.807, 2.05) is 0 Å². The van der Waals surface area contributed by atoms with Gasteiger partial charge in [0, 0.05) is 18.8 Å². The van der Waals surface area contributed by atoms with Crippen LogP contribution in [0.15, 0.2) is 9.00 Å². The van der Waals surface area contributed by atoms with Gasteiger partial charge in [0.2, 0.25) is 5.91 Å². The van der Waals surface area contributed by atoms with Gasteiger partial charge >= 0.3 is 10.8 Å². The first kappa shape index (κ1) is 15.7. The second-order valence-electron chi connectivity index (χ2n) is 4.45. The molecule has 1 aromatic rings. The van der Waals surface area contributed by atoms with Gasteiger partial charge in [0.05, 0.1) is 6.42 Å². The Morgan fingerprint density at radius 2 is 2.14 bits per heavy atom. The SMILES string of the molecule is Cc1[nH]c(=O)sc1S(=O)(=O)N1CCNC(=O)C1CC(=O)O. The zero-order valence-corrected chi connectivity index (χ0v) is 12.6. The van der Waals surface area contributed by atoms with Gasteiger partial charge in [-0.05, 0) is 6.92 Å². The lowest BCUT2D eigenvalue weighted by molar-refractivity contribution is -0.141. The molecule has 1 aromatic heterocycles. The number of nitrogens with zero attached hydrogens (tertiary/aromatic N) is 1. The van der Waals surface area contributed by atoms with Crippen molar-refractivity contribution < 1.29 is 23.1 Å². The number of piperazine rings is 1. The fraction of sp³-hybridized carbons (Fsp3) is 0.500. The predicted octanol–water partition coefficient (Wildman–Crippen LogP) is -1.29. The first-order valence-electron chi connectivity index (χ1n) is 5.94. The van der Waals surface area contributed by atoms with Crippen LogP contribution < -0.4 is 10.2 Å². The van der Waals surface area contributed by atoms with Gasteiger partial charge in [-0.1, -0.05) is 11.3 Å². The number of aryl methyl sites for hydroxylation is 1. The van der Waals surface area contributed by atoms with Gasteiger partial charge in [-0.25, -0.2) is 8.42 Å². The van der Waals surface area contributed by atoms with E-state index in [1.165, 1.54) is 6.92 Å². The van der Waals surface area contributed by atoms with E-state index in [-0.39, 0.29) is 23.0 Å². The summed E-state index contributed by atoms with van der Waals surface area (Å²) >= 11 is 0.517. The number of carboxylic acids is 1. The molecule has 2 heterocycles. The molecule has 0 aliphatic carbocycles. The summed E-state index contributed by atoms with van der Waals surface area (Å²) in [6.07, 6.45) is -0.635. The first-order valence-corrected chi connectivity index (χ1v) is 8.20. The summed E-state index contributed by atoms with van der Waals surface area (Å²) in [6, 6.07) is -1.32. The topological polar surface area (TPSA) is 137 Å². The van der Waals surface area contributed by atoms with E-state index in [0.717, 1.165) is 4.31 Å². The Balaban J connectivity index is 2.45. The molecule has 0 bridgehead atoms. The molecule has 3 N–H and O–H groups in total. The van der Waals surface area contributed by atoms with E-state index in [1.54, 1.807) is 0 Å². The third-order valence-corrected chi connectivity index (χ3v) is 6.46. The third-order valence-electron chi connectivity index (χ3n) is 2.97. The average Bonchev–Trinajstić information content (AvgIpc) is 2.71. The third kappa shape index (κ3) is 2.99. The number of carboxylic acid groups (broad SMARTS) is 1. The molecule has 11 heteroatoms. The van der Waals surface area contributed by atoms with Gasteiger partial charge in [0.25, 0.3) is 10.0 Å². The van der Waals surface area contributed by atoms with E-state index >= 15 is 0 Å². The minimum absolute atomic E-state index is 0.0441. The van der Waals surface area contributed by atoms with Crippen molar-refractivity contribution in [2.75, 3.05) is 13.1 Å². The fourth-order valence-electron chi connectivity index (χ4n) is 2.08. The molecular formula is C10H13N3O6S2. The molecule has 0 saturated carbocycles. The Kier molecular flexibility index (Phi) is 4.16. The first-order chi connectivity index (χ1) is 9.73. The standard InChI is InChI=1S/C10H13N3O6S2/c1-5-9(20-10(17)12-5)21(18,19)13-3-2-11-8(16)6(13)4-7(14)15/h6H,2-4H2,1H3,(H,11,16)(H,12,17)(H,14,15). The number of hydrogen-bond donors (Lipinski definition) is 3. The van der Waals surface area contributed by atoms with Gasteiger partial charge < -0.3 is 15.4 Å². The monoisotopic (exact) mass is 335 g/mol. The number of thiazole rings is 1. The van der Waals surface area contributed by atoms with Gasteiger partial charge in [0.15, 0.2) is 4.21 Å². The molecule has 116 valence electrons. The van der Waals surface area contributed by atoms with E-state index in [9.17, 15) is 22.8 Å². The van der Waals surface area contributed by atoms with Crippen molar-refractivity contribution >= 4 is 33.2 Å². The van der Waals surface area contributed by atoms with Crippen LogP contribution in [0.1, 0.15) is 12.1 Å². The highest BCUT2D eigenvalue weighted by Gasteiger charge is 2.41. The molecule has 1 fully saturated rings. The number of aromatic nitrogens is 1. The largest absolute Gasteiger partial charge is 0.481 e. The van der Waals surface area contributed by atoms with E-state index in [4.69, 9.17) is 5.11 Å². The van der Waals surface area contributed by atoms with Crippen LogP contribution in [0.4, 0.5) is 0 Å². The molecule has 0 radical (unpaired) electrons. The van der Waals surface area contributed by atoms with Crippen LogP contribution >= 0.6 is 11.3 Å². The number of aromatic amines is 1. The van der Waals surface area contributed by atoms with E-state index in [2.05, 4.69) is 10.3 Å². The van der Waals surface area contributed by atoms with Crippen molar-refractivity contribution in [2.45, 2.75) is 23.6 Å². The molecule has 0 spiro atoms. The number of carbonyl (C=O) groups is 2. The summed E-state index contributed by atoms with van der Waals surface area (Å²) in [5.41, 5.74) is 0.171. The maximum Gasteiger partial charge on any atom is 0.305 e. The van der Waals surface area contributed by atoms with Crippen LogP contribution in [0, 0.1) is 6.92 Å². The van der Waals surface area contributed by atoms with Crippen LogP contribution in [0.2, 0.25) is 0 Å². The molecule has 21 heavy (non-hydrogen) atoms. The molecular weight excluding hydrogens is 322 g/mol. The Labute approximate surface area is 123 Å². The van der Waals surface area contributed by atoms with Crippen LogP contribution in [-0.2, 0) is 19.6 Å². The van der Waals surface area contributed by atoms with Crippen molar-refractivity contribution in [1.29, 1.82) is 0 Å². The summed E-state index contributed by atoms with van der Waals surface area (Å²) < 4.78 is 25.8. The number of sulfonamides is 1. The zero-order chi connectivity index (χ0) is 15.8. The van der Waals surface area contributed by atoms with Crippen molar-refractivity contribution in [1.82, 2.24) is 14.6 Å². The van der Waals surface area contributed by atoms with Gasteiger partial charge in [-0.2, -0.15) is 4.31 Å². The summed E-state index contributed by atoms with van der Waals surface area (Å²) in [5, 5.41) is 11.3. The smallest absolute Gasteiger partial charge is 0.305 e. The Morgan fingerprint density at radius 1 is 1.48 bits per heavy atom. The summed E-state index contributed by atoms with van der Waals surface area (Å²) in [7, 11) is -4.10. The lowest BCUT2D eigenvalue weighted by atomic mass is 10.1. The van der Waals surface area contributed by atoms with Crippen molar-refractivity contribution in [2.24, 2.45) is 0 Å². The van der Waals surface area contributed by atoms with Gasteiger partial charge in [-0.15, -0.1) is 0 Å². The molecule has 1 aliphatic rings. The normalized spacial score (nSPS) is 20.2. The second kappa shape index (κ2) is 5.58. The van der Waals surface area contributed by atoms with Crippen LogP contribution in [0.25, 0.3) is 0 Å². The van der Waals surface area contributed by atoms with E-state index < -0.39 is 39.2 Å². The van der Waals surface area contributed by atoms with Crippen molar-refractivity contribution in [3.63, 3.8) is 0 Å². The maximum atomic E-state index is 12.6. The van der Waals surface area contributed by atoms with Crippen LogP contribution in [0.3, 0.4) is 0 Å². The number of amides is 1. The molecule has 1 atom stereocenters. The lowest BCUT2D eigenvalue weighted by Gasteiger charge is -2.32. The fourth-order valence-corrected chi connectivity index (χ4v) is 5.08. The van der Waals surface area contributed by atoms with Gasteiger partial charge in [-0.3, -0.25) is 14.4 Å². The van der Waals surface area contributed by atoms with Crippen molar-refractivity contribution in [3.05, 3.63) is 15.4 Å². The highest BCUT2D eigenvalue weighted by Crippen LogP contribution is 2.25. The molecule has 1 aliphatic heterocycles. The second-order valence-corrected chi connectivity index (χ2v) is 7.52. The number of carbonyl (C=O) groups excluding carboxylic acids is 1. The number of rotatable bonds is 4. The minimum atomic E-state index is -4.10.